The number of rotatable bonds is 7. The van der Waals surface area contributed by atoms with E-state index in [-0.39, 0.29) is 27.9 Å². The minimum Gasteiger partial charge on any atom is -0.355 e. The first-order chi connectivity index (χ1) is 13.9. The van der Waals surface area contributed by atoms with E-state index in [1.54, 1.807) is 12.1 Å². The van der Waals surface area contributed by atoms with E-state index in [9.17, 15) is 18.4 Å². The molecule has 0 bridgehead atoms. The second kappa shape index (κ2) is 9.37. The summed E-state index contributed by atoms with van der Waals surface area (Å²) in [5.41, 5.74) is -0.344. The zero-order chi connectivity index (χ0) is 21.0. The SMILES string of the molecule is CCCCNC(=O)CSc1nc2ccc(Cl)cc2c(=O)n1-c1ccc(F)cc1F. The highest BCUT2D eigenvalue weighted by molar-refractivity contribution is 7.99. The second-order valence-corrected chi connectivity index (χ2v) is 7.66. The summed E-state index contributed by atoms with van der Waals surface area (Å²) >= 11 is 6.99. The van der Waals surface area contributed by atoms with Gasteiger partial charge in [0.1, 0.15) is 11.6 Å². The van der Waals surface area contributed by atoms with Crippen molar-refractivity contribution < 1.29 is 13.6 Å². The number of unbranched alkanes of at least 4 members (excludes halogenated alkanes) is 1. The molecular formula is C20H18ClF2N3O2S. The van der Waals surface area contributed by atoms with Gasteiger partial charge in [-0.15, -0.1) is 0 Å². The maximum atomic E-state index is 14.4. The van der Waals surface area contributed by atoms with Gasteiger partial charge >= 0.3 is 0 Å². The van der Waals surface area contributed by atoms with Crippen LogP contribution in [0.5, 0.6) is 0 Å². The zero-order valence-corrected chi connectivity index (χ0v) is 17.1. The third kappa shape index (κ3) is 4.94. The summed E-state index contributed by atoms with van der Waals surface area (Å²) < 4.78 is 28.8. The largest absolute Gasteiger partial charge is 0.355 e. The number of carbonyl (C=O) groups is 1. The van der Waals surface area contributed by atoms with Crippen molar-refractivity contribution in [1.82, 2.24) is 14.9 Å². The van der Waals surface area contributed by atoms with E-state index in [0.29, 0.717) is 23.2 Å². The van der Waals surface area contributed by atoms with Crippen molar-refractivity contribution in [2.24, 2.45) is 0 Å². The molecule has 2 aromatic carbocycles. The summed E-state index contributed by atoms with van der Waals surface area (Å²) in [5, 5.41) is 3.43. The standard InChI is InChI=1S/C20H18ClF2N3O2S/c1-2-3-8-24-18(27)11-29-20-25-16-6-4-12(21)9-14(16)19(28)26(20)17-7-5-13(22)10-15(17)23/h4-7,9-10H,2-3,8,11H2,1H3,(H,24,27). The smallest absolute Gasteiger partial charge is 0.266 e. The lowest BCUT2D eigenvalue weighted by Crippen LogP contribution is -2.27. The zero-order valence-electron chi connectivity index (χ0n) is 15.5. The van der Waals surface area contributed by atoms with Gasteiger partial charge in [-0.1, -0.05) is 36.7 Å². The van der Waals surface area contributed by atoms with E-state index < -0.39 is 17.2 Å². The highest BCUT2D eigenvalue weighted by Crippen LogP contribution is 2.24. The molecular weight excluding hydrogens is 420 g/mol. The Hall–Kier alpha value is -2.45. The Labute approximate surface area is 175 Å². The molecule has 0 aliphatic heterocycles. The topological polar surface area (TPSA) is 64.0 Å². The Morgan fingerprint density at radius 1 is 1.24 bits per heavy atom. The first kappa shape index (κ1) is 21.3. The fourth-order valence-corrected chi connectivity index (χ4v) is 3.70. The monoisotopic (exact) mass is 437 g/mol. The van der Waals surface area contributed by atoms with Gasteiger partial charge in [-0.05, 0) is 36.8 Å². The lowest BCUT2D eigenvalue weighted by molar-refractivity contribution is -0.118. The van der Waals surface area contributed by atoms with Crippen molar-refractivity contribution in [3.05, 3.63) is 63.4 Å². The van der Waals surface area contributed by atoms with Crippen LogP contribution in [0.25, 0.3) is 16.6 Å². The molecule has 0 saturated carbocycles. The van der Waals surface area contributed by atoms with Gasteiger partial charge in [0.15, 0.2) is 5.16 Å². The highest BCUT2D eigenvalue weighted by atomic mass is 35.5. The molecule has 1 N–H and O–H groups in total. The van der Waals surface area contributed by atoms with Crippen molar-refractivity contribution >= 4 is 40.2 Å². The van der Waals surface area contributed by atoms with Gasteiger partial charge in [0.2, 0.25) is 5.91 Å². The number of amides is 1. The lowest BCUT2D eigenvalue weighted by Gasteiger charge is -2.14. The molecule has 29 heavy (non-hydrogen) atoms. The van der Waals surface area contributed by atoms with Crippen LogP contribution in [0, 0.1) is 11.6 Å². The Morgan fingerprint density at radius 3 is 2.76 bits per heavy atom. The normalized spacial score (nSPS) is 11.0. The van der Waals surface area contributed by atoms with Gasteiger partial charge in [-0.25, -0.2) is 13.8 Å². The van der Waals surface area contributed by atoms with Crippen LogP contribution in [-0.2, 0) is 4.79 Å². The summed E-state index contributed by atoms with van der Waals surface area (Å²) in [4.78, 5) is 29.6. The van der Waals surface area contributed by atoms with Gasteiger partial charge < -0.3 is 5.32 Å². The van der Waals surface area contributed by atoms with Gasteiger partial charge in [0.05, 0.1) is 22.3 Å². The molecule has 0 aliphatic carbocycles. The first-order valence-electron chi connectivity index (χ1n) is 8.98. The molecule has 9 heteroatoms. The van der Waals surface area contributed by atoms with Crippen LogP contribution in [0.4, 0.5) is 8.78 Å². The fourth-order valence-electron chi connectivity index (χ4n) is 2.70. The van der Waals surface area contributed by atoms with Crippen molar-refractivity contribution in [3.63, 3.8) is 0 Å². The molecule has 0 fully saturated rings. The predicted molar refractivity (Wildman–Crippen MR) is 111 cm³/mol. The summed E-state index contributed by atoms with van der Waals surface area (Å²) in [6.07, 6.45) is 1.81. The Kier molecular flexibility index (Phi) is 6.87. The number of hydrogen-bond acceptors (Lipinski definition) is 4. The van der Waals surface area contributed by atoms with Crippen LogP contribution in [0.15, 0.2) is 46.3 Å². The van der Waals surface area contributed by atoms with Crippen LogP contribution in [-0.4, -0.2) is 27.8 Å². The fraction of sp³-hybridized carbons (Fsp3) is 0.250. The van der Waals surface area contributed by atoms with E-state index in [1.807, 2.05) is 6.92 Å². The molecule has 1 aromatic heterocycles. The summed E-state index contributed by atoms with van der Waals surface area (Å²) in [5.74, 6) is -1.90. The predicted octanol–water partition coefficient (Wildman–Crippen LogP) is 4.33. The molecule has 3 aromatic rings. The molecule has 0 saturated heterocycles. The summed E-state index contributed by atoms with van der Waals surface area (Å²) in [7, 11) is 0. The van der Waals surface area contributed by atoms with Crippen molar-refractivity contribution in [2.45, 2.75) is 24.9 Å². The third-order valence-corrected chi connectivity index (χ3v) is 5.31. The van der Waals surface area contributed by atoms with E-state index in [2.05, 4.69) is 10.3 Å². The number of benzene rings is 2. The molecule has 3 rings (SSSR count). The van der Waals surface area contributed by atoms with Crippen LogP contribution in [0.2, 0.25) is 5.02 Å². The van der Waals surface area contributed by atoms with Crippen molar-refractivity contribution in [2.75, 3.05) is 12.3 Å². The first-order valence-corrected chi connectivity index (χ1v) is 10.3. The van der Waals surface area contributed by atoms with Crippen LogP contribution in [0.1, 0.15) is 19.8 Å². The van der Waals surface area contributed by atoms with Crippen LogP contribution in [0.3, 0.4) is 0 Å². The molecule has 5 nitrogen and oxygen atoms in total. The number of nitrogens with one attached hydrogen (secondary N) is 1. The lowest BCUT2D eigenvalue weighted by atomic mass is 10.2. The minimum atomic E-state index is -0.912. The van der Waals surface area contributed by atoms with Gasteiger partial charge in [-0.3, -0.25) is 14.2 Å². The molecule has 0 unspecified atom stereocenters. The summed E-state index contributed by atoms with van der Waals surface area (Å²) in [6, 6.07) is 7.52. The number of thioether (sulfide) groups is 1. The average molecular weight is 438 g/mol. The quantitative estimate of drug-likeness (QED) is 0.339. The van der Waals surface area contributed by atoms with E-state index in [0.717, 1.165) is 41.3 Å². The Balaban J connectivity index is 2.06. The number of aromatic nitrogens is 2. The average Bonchev–Trinajstić information content (AvgIpc) is 2.68. The van der Waals surface area contributed by atoms with E-state index >= 15 is 0 Å². The summed E-state index contributed by atoms with van der Waals surface area (Å²) in [6.45, 7) is 2.57. The maximum Gasteiger partial charge on any atom is 0.266 e. The van der Waals surface area contributed by atoms with Crippen molar-refractivity contribution in [3.8, 4) is 5.69 Å². The maximum absolute atomic E-state index is 14.4. The van der Waals surface area contributed by atoms with Gasteiger partial charge in [0.25, 0.3) is 5.56 Å². The molecule has 152 valence electrons. The number of carbonyl (C=O) groups excluding carboxylic acids is 1. The molecule has 0 aliphatic rings. The highest BCUT2D eigenvalue weighted by Gasteiger charge is 2.18. The number of fused-ring (bicyclic) bond motifs is 1. The van der Waals surface area contributed by atoms with Crippen molar-refractivity contribution in [1.29, 1.82) is 0 Å². The van der Waals surface area contributed by atoms with Crippen LogP contribution < -0.4 is 10.9 Å². The molecule has 0 radical (unpaired) electrons. The Bertz CT molecular complexity index is 1120. The molecule has 1 amide bonds. The minimum absolute atomic E-state index is 0.00192. The molecule has 1 heterocycles. The number of nitrogens with zero attached hydrogens (tertiary/aromatic N) is 2. The number of halogens is 3. The molecule has 0 atom stereocenters. The van der Waals surface area contributed by atoms with E-state index in [4.69, 9.17) is 11.6 Å². The van der Waals surface area contributed by atoms with E-state index in [1.165, 1.54) is 6.07 Å². The Morgan fingerprint density at radius 2 is 2.03 bits per heavy atom. The molecule has 0 spiro atoms. The van der Waals surface area contributed by atoms with Crippen LogP contribution >= 0.6 is 23.4 Å². The number of hydrogen-bond donors (Lipinski definition) is 1. The second-order valence-electron chi connectivity index (χ2n) is 6.28. The van der Waals surface area contributed by atoms with Gasteiger partial charge in [-0.2, -0.15) is 0 Å². The van der Waals surface area contributed by atoms with Gasteiger partial charge in [0, 0.05) is 17.6 Å². The third-order valence-electron chi connectivity index (χ3n) is 4.13.